The quantitative estimate of drug-likeness (QED) is 0.656. The molecule has 0 aliphatic rings. The fourth-order valence-corrected chi connectivity index (χ4v) is 3.59. The lowest BCUT2D eigenvalue weighted by molar-refractivity contribution is -0.113. The Hall–Kier alpha value is -0.580. The van der Waals surface area contributed by atoms with E-state index in [2.05, 4.69) is 5.32 Å². The Balaban J connectivity index is 1.99. The summed E-state index contributed by atoms with van der Waals surface area (Å²) in [5, 5.41) is 4.67. The normalized spacial score (nSPS) is 10.5. The first-order valence-corrected chi connectivity index (χ1v) is 8.28. The number of carbonyl (C=O) groups excluding carboxylic acids is 1. The second kappa shape index (κ2) is 7.61. The van der Waals surface area contributed by atoms with Crippen molar-refractivity contribution in [2.45, 2.75) is 4.90 Å². The third-order valence-electron chi connectivity index (χ3n) is 2.41. The summed E-state index contributed by atoms with van der Waals surface area (Å²) in [5.74, 6) is -0.0255. The SMILES string of the molecule is O=C(CSc1c(Cl)cccc1Cl)Nc1cc(Cl)cc(Cl)c1. The molecular formula is C14H9Cl4NOS. The Morgan fingerprint density at radius 2 is 1.57 bits per heavy atom. The van der Waals surface area contributed by atoms with E-state index >= 15 is 0 Å². The van der Waals surface area contributed by atoms with Gasteiger partial charge < -0.3 is 5.32 Å². The van der Waals surface area contributed by atoms with Crippen molar-refractivity contribution in [1.82, 2.24) is 0 Å². The van der Waals surface area contributed by atoms with E-state index in [-0.39, 0.29) is 11.7 Å². The molecule has 0 aromatic heterocycles. The van der Waals surface area contributed by atoms with Crippen LogP contribution < -0.4 is 5.32 Å². The zero-order valence-electron chi connectivity index (χ0n) is 10.5. The van der Waals surface area contributed by atoms with Crippen molar-refractivity contribution in [3.8, 4) is 0 Å². The molecule has 0 bridgehead atoms. The monoisotopic (exact) mass is 379 g/mol. The standard InChI is InChI=1S/C14H9Cl4NOS/c15-8-4-9(16)6-10(5-8)19-13(20)7-21-14-11(17)2-1-3-12(14)18/h1-6H,7H2,(H,19,20). The minimum absolute atomic E-state index is 0.174. The van der Waals surface area contributed by atoms with Gasteiger partial charge in [0, 0.05) is 20.6 Å². The van der Waals surface area contributed by atoms with Crippen LogP contribution in [0, 0.1) is 0 Å². The molecule has 0 aliphatic carbocycles. The second-order valence-electron chi connectivity index (χ2n) is 4.05. The summed E-state index contributed by atoms with van der Waals surface area (Å²) in [7, 11) is 0. The number of hydrogen-bond acceptors (Lipinski definition) is 2. The number of hydrogen-bond donors (Lipinski definition) is 1. The second-order valence-corrected chi connectivity index (χ2v) is 6.72. The van der Waals surface area contributed by atoms with Crippen molar-refractivity contribution in [1.29, 1.82) is 0 Å². The predicted octanol–water partition coefficient (Wildman–Crippen LogP) is 6.03. The first kappa shape index (κ1) is 16.8. The number of anilines is 1. The van der Waals surface area contributed by atoms with Gasteiger partial charge in [-0.25, -0.2) is 0 Å². The number of carbonyl (C=O) groups is 1. The number of benzene rings is 2. The zero-order chi connectivity index (χ0) is 15.4. The number of amides is 1. The average molecular weight is 381 g/mol. The summed E-state index contributed by atoms with van der Waals surface area (Å²) in [6.07, 6.45) is 0. The molecule has 0 spiro atoms. The van der Waals surface area contributed by atoms with Gasteiger partial charge in [0.1, 0.15) is 0 Å². The van der Waals surface area contributed by atoms with Crippen molar-refractivity contribution in [2.24, 2.45) is 0 Å². The average Bonchev–Trinajstić information content (AvgIpc) is 2.36. The van der Waals surface area contributed by atoms with Gasteiger partial charge in [0.15, 0.2) is 0 Å². The Morgan fingerprint density at radius 3 is 2.14 bits per heavy atom. The van der Waals surface area contributed by atoms with E-state index in [1.165, 1.54) is 11.8 Å². The van der Waals surface area contributed by atoms with Crippen LogP contribution in [0.15, 0.2) is 41.3 Å². The predicted molar refractivity (Wildman–Crippen MR) is 92.3 cm³/mol. The van der Waals surface area contributed by atoms with Crippen LogP contribution in [0.1, 0.15) is 0 Å². The molecule has 0 atom stereocenters. The highest BCUT2D eigenvalue weighted by Crippen LogP contribution is 2.33. The molecule has 0 heterocycles. The zero-order valence-corrected chi connectivity index (χ0v) is 14.3. The van der Waals surface area contributed by atoms with Gasteiger partial charge in [-0.3, -0.25) is 4.79 Å². The lowest BCUT2D eigenvalue weighted by Gasteiger charge is -2.08. The molecule has 2 aromatic carbocycles. The van der Waals surface area contributed by atoms with Crippen LogP contribution in [0.5, 0.6) is 0 Å². The highest BCUT2D eigenvalue weighted by molar-refractivity contribution is 8.00. The van der Waals surface area contributed by atoms with Gasteiger partial charge in [0.05, 0.1) is 15.8 Å². The molecule has 21 heavy (non-hydrogen) atoms. The Kier molecular flexibility index (Phi) is 6.08. The van der Waals surface area contributed by atoms with Crippen molar-refractivity contribution in [2.75, 3.05) is 11.1 Å². The summed E-state index contributed by atoms with van der Waals surface area (Å²) in [6, 6.07) is 10.0. The van der Waals surface area contributed by atoms with E-state index in [9.17, 15) is 4.79 Å². The molecule has 0 saturated heterocycles. The molecule has 0 saturated carbocycles. The molecule has 2 rings (SSSR count). The lowest BCUT2D eigenvalue weighted by atomic mass is 10.3. The molecule has 2 aromatic rings. The van der Waals surface area contributed by atoms with Crippen LogP contribution in [-0.4, -0.2) is 11.7 Å². The van der Waals surface area contributed by atoms with E-state index in [4.69, 9.17) is 46.4 Å². The number of halogens is 4. The number of thioether (sulfide) groups is 1. The summed E-state index contributed by atoms with van der Waals surface area (Å²) in [4.78, 5) is 12.6. The van der Waals surface area contributed by atoms with Gasteiger partial charge in [0.25, 0.3) is 0 Å². The Morgan fingerprint density at radius 1 is 1.00 bits per heavy atom. The van der Waals surface area contributed by atoms with E-state index in [0.29, 0.717) is 30.7 Å². The minimum Gasteiger partial charge on any atom is -0.325 e. The molecule has 110 valence electrons. The fourth-order valence-electron chi connectivity index (χ4n) is 1.58. The van der Waals surface area contributed by atoms with Crippen LogP contribution in [-0.2, 0) is 4.79 Å². The molecule has 0 unspecified atom stereocenters. The summed E-state index contributed by atoms with van der Waals surface area (Å²) < 4.78 is 0. The molecule has 0 aliphatic heterocycles. The highest BCUT2D eigenvalue weighted by Gasteiger charge is 2.10. The maximum absolute atomic E-state index is 11.9. The topological polar surface area (TPSA) is 29.1 Å². The first-order valence-electron chi connectivity index (χ1n) is 5.78. The van der Waals surface area contributed by atoms with Crippen molar-refractivity contribution < 1.29 is 4.79 Å². The minimum atomic E-state index is -0.200. The first-order chi connectivity index (χ1) is 9.95. The third-order valence-corrected chi connectivity index (χ3v) is 4.84. The molecule has 2 nitrogen and oxygen atoms in total. The Bertz CT molecular complexity index is 638. The van der Waals surface area contributed by atoms with Crippen molar-refractivity contribution in [3.63, 3.8) is 0 Å². The fraction of sp³-hybridized carbons (Fsp3) is 0.0714. The third kappa shape index (κ3) is 4.97. The largest absolute Gasteiger partial charge is 0.325 e. The van der Waals surface area contributed by atoms with Gasteiger partial charge in [-0.15, -0.1) is 11.8 Å². The van der Waals surface area contributed by atoms with Gasteiger partial charge in [-0.2, -0.15) is 0 Å². The van der Waals surface area contributed by atoms with Crippen molar-refractivity contribution in [3.05, 3.63) is 56.5 Å². The van der Waals surface area contributed by atoms with Crippen LogP contribution in [0.4, 0.5) is 5.69 Å². The smallest absolute Gasteiger partial charge is 0.234 e. The maximum Gasteiger partial charge on any atom is 0.234 e. The highest BCUT2D eigenvalue weighted by atomic mass is 35.5. The van der Waals surface area contributed by atoms with Crippen LogP contribution in [0.2, 0.25) is 20.1 Å². The van der Waals surface area contributed by atoms with Gasteiger partial charge in [-0.05, 0) is 30.3 Å². The van der Waals surface area contributed by atoms with E-state index in [1.807, 2.05) is 0 Å². The maximum atomic E-state index is 11.9. The van der Waals surface area contributed by atoms with Crippen molar-refractivity contribution >= 4 is 69.8 Å². The van der Waals surface area contributed by atoms with Crippen LogP contribution in [0.25, 0.3) is 0 Å². The number of rotatable bonds is 4. The van der Waals surface area contributed by atoms with E-state index < -0.39 is 0 Å². The van der Waals surface area contributed by atoms with Crippen LogP contribution in [0.3, 0.4) is 0 Å². The van der Waals surface area contributed by atoms with Gasteiger partial charge >= 0.3 is 0 Å². The van der Waals surface area contributed by atoms with E-state index in [1.54, 1.807) is 36.4 Å². The summed E-state index contributed by atoms with van der Waals surface area (Å²) in [6.45, 7) is 0. The Labute approximate surface area is 146 Å². The van der Waals surface area contributed by atoms with Gasteiger partial charge in [0.2, 0.25) is 5.91 Å². The molecule has 1 N–H and O–H groups in total. The molecular weight excluding hydrogens is 372 g/mol. The molecule has 0 radical (unpaired) electrons. The van der Waals surface area contributed by atoms with E-state index in [0.717, 1.165) is 0 Å². The summed E-state index contributed by atoms with van der Waals surface area (Å²) in [5.41, 5.74) is 0.545. The lowest BCUT2D eigenvalue weighted by Crippen LogP contribution is -2.14. The summed E-state index contributed by atoms with van der Waals surface area (Å²) >= 11 is 25.1. The molecule has 0 fully saturated rings. The van der Waals surface area contributed by atoms with Gasteiger partial charge in [-0.1, -0.05) is 52.5 Å². The molecule has 7 heteroatoms. The number of nitrogens with one attached hydrogen (secondary N) is 1. The molecule has 1 amide bonds. The van der Waals surface area contributed by atoms with Crippen LogP contribution >= 0.6 is 58.2 Å².